The van der Waals surface area contributed by atoms with Crippen LogP contribution in [0.4, 0.5) is 17.6 Å². The fourth-order valence-electron chi connectivity index (χ4n) is 3.33. The van der Waals surface area contributed by atoms with Crippen molar-refractivity contribution in [3.63, 3.8) is 0 Å². The molecule has 0 unspecified atom stereocenters. The van der Waals surface area contributed by atoms with Gasteiger partial charge in [0.25, 0.3) is 0 Å². The van der Waals surface area contributed by atoms with Crippen LogP contribution in [0.3, 0.4) is 0 Å². The van der Waals surface area contributed by atoms with Gasteiger partial charge in [0.2, 0.25) is 0 Å². The lowest BCUT2D eigenvalue weighted by atomic mass is 10.1. The number of benzene rings is 4. The molecule has 0 saturated carbocycles. The Kier molecular flexibility index (Phi) is 7.38. The molecule has 0 N–H and O–H groups in total. The number of ether oxygens (including phenoxy) is 1. The molecule has 0 amide bonds. The van der Waals surface area contributed by atoms with Crippen molar-refractivity contribution in [1.82, 2.24) is 0 Å². The zero-order chi connectivity index (χ0) is 24.8. The lowest BCUT2D eigenvalue weighted by molar-refractivity contribution is 0.309. The van der Waals surface area contributed by atoms with E-state index in [0.29, 0.717) is 28.5 Å². The first-order valence-corrected chi connectivity index (χ1v) is 11.1. The SMILES string of the molecule is CCCCOc1ccc(C#Cc2cc(F)c(C#Cc3ccc4cc(F)c(F)cc4c3)c(F)c2)cc1. The maximum Gasteiger partial charge on any atom is 0.159 e. The van der Waals surface area contributed by atoms with Gasteiger partial charge >= 0.3 is 0 Å². The number of rotatable bonds is 4. The molecule has 0 aliphatic carbocycles. The molecule has 4 aromatic carbocycles. The minimum atomic E-state index is -0.979. The van der Waals surface area contributed by atoms with Gasteiger partial charge in [-0.1, -0.05) is 43.1 Å². The van der Waals surface area contributed by atoms with Crippen LogP contribution in [0.15, 0.2) is 66.7 Å². The highest BCUT2D eigenvalue weighted by atomic mass is 19.2. The van der Waals surface area contributed by atoms with Crippen LogP contribution in [-0.2, 0) is 0 Å². The number of halogens is 4. The van der Waals surface area contributed by atoms with E-state index in [1.807, 2.05) is 0 Å². The average molecular weight is 472 g/mol. The summed E-state index contributed by atoms with van der Waals surface area (Å²) in [5.41, 5.74) is 0.880. The molecule has 0 bridgehead atoms. The van der Waals surface area contributed by atoms with Crippen LogP contribution >= 0.6 is 0 Å². The molecule has 35 heavy (non-hydrogen) atoms. The van der Waals surface area contributed by atoms with Gasteiger partial charge in [-0.15, -0.1) is 0 Å². The molecule has 1 nitrogen and oxygen atoms in total. The molecule has 0 aliphatic heterocycles. The number of unbranched alkanes of at least 4 members (excludes halogenated alkanes) is 1. The normalized spacial score (nSPS) is 10.3. The second-order valence-corrected chi connectivity index (χ2v) is 7.87. The van der Waals surface area contributed by atoms with Gasteiger partial charge < -0.3 is 4.74 Å². The van der Waals surface area contributed by atoms with E-state index in [0.717, 1.165) is 42.9 Å². The summed E-state index contributed by atoms with van der Waals surface area (Å²) in [4.78, 5) is 0. The lowest BCUT2D eigenvalue weighted by Gasteiger charge is -2.04. The van der Waals surface area contributed by atoms with Crippen LogP contribution in [0, 0.1) is 47.0 Å². The van der Waals surface area contributed by atoms with Crippen molar-refractivity contribution < 1.29 is 22.3 Å². The summed E-state index contributed by atoms with van der Waals surface area (Å²) in [6, 6.07) is 16.2. The molecule has 0 atom stereocenters. The number of fused-ring (bicyclic) bond motifs is 1. The van der Waals surface area contributed by atoms with Crippen molar-refractivity contribution >= 4 is 10.8 Å². The summed E-state index contributed by atoms with van der Waals surface area (Å²) >= 11 is 0. The van der Waals surface area contributed by atoms with Crippen molar-refractivity contribution in [3.8, 4) is 29.4 Å². The Labute approximate surface area is 201 Å². The minimum absolute atomic E-state index is 0.178. The molecule has 0 aromatic heterocycles. The molecular formula is C30H20F4O. The van der Waals surface area contributed by atoms with Crippen LogP contribution in [0.25, 0.3) is 10.8 Å². The van der Waals surface area contributed by atoms with Crippen molar-refractivity contribution in [2.45, 2.75) is 19.8 Å². The maximum atomic E-state index is 14.6. The van der Waals surface area contributed by atoms with Crippen LogP contribution in [-0.4, -0.2) is 6.61 Å². The van der Waals surface area contributed by atoms with Crippen molar-refractivity contribution in [3.05, 3.63) is 112 Å². The van der Waals surface area contributed by atoms with E-state index in [1.165, 1.54) is 6.07 Å². The minimum Gasteiger partial charge on any atom is -0.494 e. The monoisotopic (exact) mass is 472 g/mol. The van der Waals surface area contributed by atoms with Crippen molar-refractivity contribution in [1.29, 1.82) is 0 Å². The molecule has 0 saturated heterocycles. The van der Waals surface area contributed by atoms with E-state index >= 15 is 0 Å². The van der Waals surface area contributed by atoms with E-state index in [4.69, 9.17) is 4.74 Å². The molecule has 0 spiro atoms. The highest BCUT2D eigenvalue weighted by Crippen LogP contribution is 2.20. The Hall–Kier alpha value is -4.22. The predicted octanol–water partition coefficient (Wildman–Crippen LogP) is 7.37. The van der Waals surface area contributed by atoms with Crippen LogP contribution in [0.1, 0.15) is 42.0 Å². The van der Waals surface area contributed by atoms with Crippen LogP contribution in [0.5, 0.6) is 5.75 Å². The van der Waals surface area contributed by atoms with Crippen molar-refractivity contribution in [2.75, 3.05) is 6.61 Å². The summed E-state index contributed by atoms with van der Waals surface area (Å²) < 4.78 is 61.6. The molecular weight excluding hydrogens is 452 g/mol. The summed E-state index contributed by atoms with van der Waals surface area (Å²) in [5.74, 6) is 7.94. The Bertz CT molecular complexity index is 1480. The Morgan fingerprint density at radius 1 is 0.600 bits per heavy atom. The van der Waals surface area contributed by atoms with Crippen LogP contribution in [0.2, 0.25) is 0 Å². The second-order valence-electron chi connectivity index (χ2n) is 7.87. The largest absolute Gasteiger partial charge is 0.494 e. The first-order chi connectivity index (χ1) is 16.9. The molecule has 4 aromatic rings. The zero-order valence-corrected chi connectivity index (χ0v) is 18.9. The fraction of sp³-hybridized carbons (Fsp3) is 0.133. The molecule has 0 aliphatic rings. The van der Waals surface area contributed by atoms with E-state index < -0.39 is 28.8 Å². The van der Waals surface area contributed by atoms with Gasteiger partial charge in [0.1, 0.15) is 17.4 Å². The van der Waals surface area contributed by atoms with Gasteiger partial charge in [0, 0.05) is 16.7 Å². The smallest absolute Gasteiger partial charge is 0.159 e. The Balaban J connectivity index is 1.52. The van der Waals surface area contributed by atoms with Gasteiger partial charge in [-0.05, 0) is 77.9 Å². The highest BCUT2D eigenvalue weighted by Gasteiger charge is 2.09. The van der Waals surface area contributed by atoms with Crippen LogP contribution < -0.4 is 4.74 Å². The Morgan fingerprint density at radius 2 is 1.20 bits per heavy atom. The Morgan fingerprint density at radius 3 is 1.89 bits per heavy atom. The quantitative estimate of drug-likeness (QED) is 0.171. The van der Waals surface area contributed by atoms with Gasteiger partial charge in [-0.3, -0.25) is 0 Å². The van der Waals surface area contributed by atoms with E-state index in [9.17, 15) is 17.6 Å². The van der Waals surface area contributed by atoms with E-state index in [2.05, 4.69) is 30.6 Å². The highest BCUT2D eigenvalue weighted by molar-refractivity contribution is 5.84. The summed E-state index contributed by atoms with van der Waals surface area (Å²) in [7, 11) is 0. The zero-order valence-electron chi connectivity index (χ0n) is 18.9. The lowest BCUT2D eigenvalue weighted by Crippen LogP contribution is -1.95. The van der Waals surface area contributed by atoms with Gasteiger partial charge in [-0.2, -0.15) is 0 Å². The van der Waals surface area contributed by atoms with E-state index in [1.54, 1.807) is 36.4 Å². The molecule has 4 rings (SSSR count). The standard InChI is InChI=1S/C30H20F4O/c1-2-3-14-35-25-11-7-20(8-12-25)4-5-22-16-27(31)26(28(32)17-22)13-9-21-6-10-23-18-29(33)30(34)19-24(23)15-21/h6-8,10-12,15-19H,2-3,14H2,1H3. The first-order valence-electron chi connectivity index (χ1n) is 11.1. The summed E-state index contributed by atoms with van der Waals surface area (Å²) in [5, 5.41) is 0.927. The molecule has 0 radical (unpaired) electrons. The first kappa shape index (κ1) is 23.9. The van der Waals surface area contributed by atoms with Gasteiger partial charge in [0.15, 0.2) is 11.6 Å². The summed E-state index contributed by atoms with van der Waals surface area (Å²) in [6.07, 6.45) is 2.02. The summed E-state index contributed by atoms with van der Waals surface area (Å²) in [6.45, 7) is 2.74. The van der Waals surface area contributed by atoms with Gasteiger partial charge in [-0.25, -0.2) is 17.6 Å². The fourth-order valence-corrected chi connectivity index (χ4v) is 3.33. The third kappa shape index (κ3) is 6.02. The van der Waals surface area contributed by atoms with Crippen molar-refractivity contribution in [2.24, 2.45) is 0 Å². The number of hydrogen-bond acceptors (Lipinski definition) is 1. The van der Waals surface area contributed by atoms with Gasteiger partial charge in [0.05, 0.1) is 12.2 Å². The topological polar surface area (TPSA) is 9.23 Å². The molecule has 174 valence electrons. The number of hydrogen-bond donors (Lipinski definition) is 0. The molecule has 5 heteroatoms. The maximum absolute atomic E-state index is 14.6. The molecule has 0 fully saturated rings. The molecule has 0 heterocycles. The second kappa shape index (κ2) is 10.8. The average Bonchev–Trinajstić information content (AvgIpc) is 2.84. The van der Waals surface area contributed by atoms with E-state index in [-0.39, 0.29) is 5.56 Å². The predicted molar refractivity (Wildman–Crippen MR) is 129 cm³/mol. The third-order valence-electron chi connectivity index (χ3n) is 5.23. The third-order valence-corrected chi connectivity index (χ3v) is 5.23.